The highest BCUT2D eigenvalue weighted by Gasteiger charge is 2.29. The lowest BCUT2D eigenvalue weighted by molar-refractivity contribution is -0.126. The van der Waals surface area contributed by atoms with Crippen molar-refractivity contribution in [3.63, 3.8) is 0 Å². The molecule has 1 fully saturated rings. The van der Waals surface area contributed by atoms with Crippen molar-refractivity contribution in [1.29, 1.82) is 0 Å². The van der Waals surface area contributed by atoms with E-state index in [0.717, 1.165) is 23.2 Å². The molecule has 0 aliphatic carbocycles. The number of hydrogen-bond donors (Lipinski definition) is 1. The fourth-order valence-corrected chi connectivity index (χ4v) is 2.74. The summed E-state index contributed by atoms with van der Waals surface area (Å²) in [5.41, 5.74) is 0.819. The Bertz CT molecular complexity index is 453. The Morgan fingerprint density at radius 3 is 2.40 bits per heavy atom. The Balaban J connectivity index is 1.96. The van der Waals surface area contributed by atoms with Crippen molar-refractivity contribution in [3.8, 4) is 0 Å². The Labute approximate surface area is 128 Å². The summed E-state index contributed by atoms with van der Waals surface area (Å²) in [7, 11) is 0. The summed E-state index contributed by atoms with van der Waals surface area (Å²) in [6.07, 6.45) is 0.336. The topological polar surface area (TPSA) is 41.6 Å². The molecular formula is C15H21BrN2O2. The second-order valence-electron chi connectivity index (χ2n) is 5.38. The van der Waals surface area contributed by atoms with E-state index in [9.17, 15) is 4.79 Å². The van der Waals surface area contributed by atoms with Gasteiger partial charge in [0, 0.05) is 23.2 Å². The summed E-state index contributed by atoms with van der Waals surface area (Å²) in [6.45, 7) is 7.61. The standard InChI is InChI=1S/C15H21BrN2O2/c1-10-8-18(9-11(2)20-10)12(3)15(19)17-14-6-4-13(16)5-7-14/h4-7,10-12H,8-9H2,1-3H3,(H,17,19)/t10-,11-,12-/m1/s1. The number of anilines is 1. The molecule has 110 valence electrons. The van der Waals surface area contributed by atoms with E-state index in [4.69, 9.17) is 4.74 Å². The molecule has 4 nitrogen and oxygen atoms in total. The van der Waals surface area contributed by atoms with E-state index in [2.05, 4.69) is 26.1 Å². The van der Waals surface area contributed by atoms with Gasteiger partial charge in [0.25, 0.3) is 0 Å². The number of rotatable bonds is 3. The molecule has 0 unspecified atom stereocenters. The molecule has 2 rings (SSSR count). The first kappa shape index (κ1) is 15.5. The third kappa shape index (κ3) is 4.04. The lowest BCUT2D eigenvalue weighted by atomic mass is 10.1. The molecule has 1 saturated heterocycles. The molecule has 1 aliphatic rings. The molecule has 3 atom stereocenters. The molecule has 0 radical (unpaired) electrons. The summed E-state index contributed by atoms with van der Waals surface area (Å²) >= 11 is 3.38. The molecule has 1 aliphatic heterocycles. The maximum atomic E-state index is 12.3. The largest absolute Gasteiger partial charge is 0.373 e. The average Bonchev–Trinajstić information content (AvgIpc) is 2.39. The second-order valence-corrected chi connectivity index (χ2v) is 6.30. The third-order valence-corrected chi connectivity index (χ3v) is 4.02. The molecular weight excluding hydrogens is 320 g/mol. The number of halogens is 1. The molecule has 0 saturated carbocycles. The van der Waals surface area contributed by atoms with Crippen molar-refractivity contribution in [3.05, 3.63) is 28.7 Å². The van der Waals surface area contributed by atoms with Gasteiger partial charge < -0.3 is 10.1 Å². The number of amides is 1. The van der Waals surface area contributed by atoms with Crippen LogP contribution in [0.1, 0.15) is 20.8 Å². The number of nitrogens with zero attached hydrogens (tertiary/aromatic N) is 1. The van der Waals surface area contributed by atoms with Crippen LogP contribution in [0.25, 0.3) is 0 Å². The van der Waals surface area contributed by atoms with E-state index < -0.39 is 0 Å². The summed E-state index contributed by atoms with van der Waals surface area (Å²) in [4.78, 5) is 14.5. The van der Waals surface area contributed by atoms with Crippen LogP contribution in [0.5, 0.6) is 0 Å². The van der Waals surface area contributed by atoms with Gasteiger partial charge in [-0.15, -0.1) is 0 Å². The minimum Gasteiger partial charge on any atom is -0.373 e. The number of carbonyl (C=O) groups excluding carboxylic acids is 1. The van der Waals surface area contributed by atoms with Gasteiger partial charge in [0.05, 0.1) is 18.2 Å². The van der Waals surface area contributed by atoms with Gasteiger partial charge in [-0.1, -0.05) is 15.9 Å². The van der Waals surface area contributed by atoms with Gasteiger partial charge in [0.1, 0.15) is 0 Å². The number of ether oxygens (including phenoxy) is 1. The average molecular weight is 341 g/mol. The van der Waals surface area contributed by atoms with Gasteiger partial charge in [-0.3, -0.25) is 9.69 Å². The maximum absolute atomic E-state index is 12.3. The van der Waals surface area contributed by atoms with E-state index in [1.807, 2.05) is 45.0 Å². The van der Waals surface area contributed by atoms with Crippen molar-refractivity contribution in [1.82, 2.24) is 4.90 Å². The van der Waals surface area contributed by atoms with Crippen LogP contribution in [0, 0.1) is 0 Å². The van der Waals surface area contributed by atoms with Crippen molar-refractivity contribution in [2.75, 3.05) is 18.4 Å². The highest BCUT2D eigenvalue weighted by atomic mass is 79.9. The Kier molecular flexibility index (Phi) is 5.18. The monoisotopic (exact) mass is 340 g/mol. The van der Waals surface area contributed by atoms with Crippen molar-refractivity contribution in [2.24, 2.45) is 0 Å². The first-order valence-corrected chi connectivity index (χ1v) is 7.71. The molecule has 1 aromatic carbocycles. The molecule has 20 heavy (non-hydrogen) atoms. The smallest absolute Gasteiger partial charge is 0.241 e. The van der Waals surface area contributed by atoms with Gasteiger partial charge >= 0.3 is 0 Å². The van der Waals surface area contributed by atoms with E-state index in [1.165, 1.54) is 0 Å². The zero-order valence-electron chi connectivity index (χ0n) is 12.1. The van der Waals surface area contributed by atoms with Gasteiger partial charge in [-0.05, 0) is 45.0 Å². The predicted octanol–water partition coefficient (Wildman–Crippen LogP) is 2.89. The van der Waals surface area contributed by atoms with Gasteiger partial charge in [0.15, 0.2) is 0 Å². The number of morpholine rings is 1. The fourth-order valence-electron chi connectivity index (χ4n) is 2.48. The van der Waals surface area contributed by atoms with Crippen LogP contribution in [-0.2, 0) is 9.53 Å². The molecule has 1 N–H and O–H groups in total. The Morgan fingerprint density at radius 1 is 1.30 bits per heavy atom. The van der Waals surface area contributed by atoms with Gasteiger partial charge in [-0.25, -0.2) is 0 Å². The molecule has 0 bridgehead atoms. The summed E-state index contributed by atoms with van der Waals surface area (Å²) in [5, 5.41) is 2.95. The molecule has 1 aromatic rings. The minimum atomic E-state index is -0.160. The summed E-state index contributed by atoms with van der Waals surface area (Å²) in [6, 6.07) is 7.45. The quantitative estimate of drug-likeness (QED) is 0.919. The van der Waals surface area contributed by atoms with Crippen molar-refractivity contribution >= 4 is 27.5 Å². The van der Waals surface area contributed by atoms with Crippen LogP contribution in [0.2, 0.25) is 0 Å². The van der Waals surface area contributed by atoms with Crippen molar-refractivity contribution < 1.29 is 9.53 Å². The minimum absolute atomic E-state index is 0.0219. The predicted molar refractivity (Wildman–Crippen MR) is 83.8 cm³/mol. The summed E-state index contributed by atoms with van der Waals surface area (Å²) < 4.78 is 6.70. The maximum Gasteiger partial charge on any atom is 0.241 e. The van der Waals surface area contributed by atoms with Crippen LogP contribution in [0.15, 0.2) is 28.7 Å². The SMILES string of the molecule is C[C@@H]1CN([C@H](C)C(=O)Nc2ccc(Br)cc2)C[C@@H](C)O1. The Hall–Kier alpha value is -0.910. The molecule has 0 spiro atoms. The van der Waals surface area contributed by atoms with Gasteiger partial charge in [-0.2, -0.15) is 0 Å². The van der Waals surface area contributed by atoms with E-state index in [-0.39, 0.29) is 24.2 Å². The fraction of sp³-hybridized carbons (Fsp3) is 0.533. The number of benzene rings is 1. The van der Waals surface area contributed by atoms with Crippen molar-refractivity contribution in [2.45, 2.75) is 39.0 Å². The highest BCUT2D eigenvalue weighted by Crippen LogP contribution is 2.17. The third-order valence-electron chi connectivity index (χ3n) is 3.49. The zero-order chi connectivity index (χ0) is 14.7. The van der Waals surface area contributed by atoms with Crippen LogP contribution < -0.4 is 5.32 Å². The highest BCUT2D eigenvalue weighted by molar-refractivity contribution is 9.10. The second kappa shape index (κ2) is 6.70. The van der Waals surface area contributed by atoms with E-state index in [1.54, 1.807) is 0 Å². The molecule has 5 heteroatoms. The van der Waals surface area contributed by atoms with Crippen LogP contribution in [0.4, 0.5) is 5.69 Å². The van der Waals surface area contributed by atoms with Crippen LogP contribution >= 0.6 is 15.9 Å². The number of carbonyl (C=O) groups is 1. The molecule has 1 amide bonds. The normalized spacial score (nSPS) is 25.2. The first-order chi connectivity index (χ1) is 9.45. The van der Waals surface area contributed by atoms with Gasteiger partial charge in [0.2, 0.25) is 5.91 Å². The molecule has 1 heterocycles. The number of nitrogens with one attached hydrogen (secondary N) is 1. The van der Waals surface area contributed by atoms with E-state index in [0.29, 0.717) is 0 Å². The van der Waals surface area contributed by atoms with E-state index >= 15 is 0 Å². The number of hydrogen-bond acceptors (Lipinski definition) is 3. The Morgan fingerprint density at radius 2 is 1.85 bits per heavy atom. The molecule has 0 aromatic heterocycles. The lowest BCUT2D eigenvalue weighted by Crippen LogP contribution is -2.52. The van der Waals surface area contributed by atoms with Crippen LogP contribution in [-0.4, -0.2) is 42.1 Å². The van der Waals surface area contributed by atoms with Crippen LogP contribution in [0.3, 0.4) is 0 Å². The lowest BCUT2D eigenvalue weighted by Gasteiger charge is -2.38. The summed E-state index contributed by atoms with van der Waals surface area (Å²) in [5.74, 6) is 0.0219. The first-order valence-electron chi connectivity index (χ1n) is 6.91. The zero-order valence-corrected chi connectivity index (χ0v) is 13.7.